The maximum atomic E-state index is 10.4. The van der Waals surface area contributed by atoms with E-state index >= 15 is 0 Å². The van der Waals surface area contributed by atoms with Gasteiger partial charge in [0.2, 0.25) is 0 Å². The minimum Gasteiger partial charge on any atom is -0.414 e. The van der Waals surface area contributed by atoms with Gasteiger partial charge in [-0.2, -0.15) is 0 Å². The van der Waals surface area contributed by atoms with Crippen LogP contribution in [0.25, 0.3) is 0 Å². The van der Waals surface area contributed by atoms with Gasteiger partial charge in [0.05, 0.1) is 0 Å². The summed E-state index contributed by atoms with van der Waals surface area (Å²) >= 11 is 0. The van der Waals surface area contributed by atoms with Crippen molar-refractivity contribution in [1.29, 1.82) is 0 Å². The fraction of sp³-hybridized carbons (Fsp3) is 0.913. The minimum atomic E-state index is -1.49. The van der Waals surface area contributed by atoms with Crippen molar-refractivity contribution in [2.45, 2.75) is 110 Å². The molecule has 2 saturated carbocycles. The predicted molar refractivity (Wildman–Crippen MR) is 113 cm³/mol. The summed E-state index contributed by atoms with van der Waals surface area (Å²) in [5, 5.41) is 10.4. The van der Waals surface area contributed by atoms with Crippen molar-refractivity contribution >= 4 is 8.32 Å². The Bertz CT molecular complexity index is 523. The Hall–Kier alpha value is -0.303. The zero-order valence-corrected chi connectivity index (χ0v) is 19.3. The number of hydrogen-bond acceptors (Lipinski definition) is 2. The van der Waals surface area contributed by atoms with Crippen molar-refractivity contribution in [2.75, 3.05) is 0 Å². The summed E-state index contributed by atoms with van der Waals surface area (Å²) in [6.07, 6.45) is 9.37. The molecule has 0 heterocycles. The maximum Gasteiger partial charge on any atom is 0.184 e. The first-order valence-electron chi connectivity index (χ1n) is 10.9. The van der Waals surface area contributed by atoms with Crippen LogP contribution in [0.1, 0.15) is 79.1 Å². The van der Waals surface area contributed by atoms with Crippen LogP contribution in [0.2, 0.25) is 19.6 Å². The lowest BCUT2D eigenvalue weighted by Gasteiger charge is -2.47. The summed E-state index contributed by atoms with van der Waals surface area (Å²) in [5.41, 5.74) is -0.377. The van der Waals surface area contributed by atoms with Crippen LogP contribution in [0.5, 0.6) is 0 Å². The summed E-state index contributed by atoms with van der Waals surface area (Å²) in [6, 6.07) is 0. The van der Waals surface area contributed by atoms with Crippen LogP contribution < -0.4 is 0 Å². The first-order valence-corrected chi connectivity index (χ1v) is 14.4. The van der Waals surface area contributed by atoms with Gasteiger partial charge in [-0.15, -0.1) is 0 Å². The van der Waals surface area contributed by atoms with Gasteiger partial charge in [-0.25, -0.2) is 0 Å². The van der Waals surface area contributed by atoms with Gasteiger partial charge in [-0.1, -0.05) is 46.0 Å². The number of aliphatic hydroxyl groups is 1. The van der Waals surface area contributed by atoms with Crippen molar-refractivity contribution in [3.8, 4) is 11.8 Å². The quantitative estimate of drug-likeness (QED) is 0.453. The molecule has 0 bridgehead atoms. The van der Waals surface area contributed by atoms with Gasteiger partial charge >= 0.3 is 0 Å². The van der Waals surface area contributed by atoms with Gasteiger partial charge in [-0.3, -0.25) is 0 Å². The van der Waals surface area contributed by atoms with Crippen molar-refractivity contribution < 1.29 is 9.53 Å². The first kappa shape index (κ1) is 22.0. The molecular weight excluding hydrogens is 336 g/mol. The molecule has 0 saturated heterocycles. The number of rotatable bonds is 6. The van der Waals surface area contributed by atoms with Crippen molar-refractivity contribution in [3.63, 3.8) is 0 Å². The summed E-state index contributed by atoms with van der Waals surface area (Å²) in [7, 11) is -1.49. The van der Waals surface area contributed by atoms with Gasteiger partial charge in [0.25, 0.3) is 0 Å². The maximum absolute atomic E-state index is 10.4. The highest BCUT2D eigenvalue weighted by Gasteiger charge is 2.53. The van der Waals surface area contributed by atoms with Crippen LogP contribution in [0, 0.1) is 35.0 Å². The minimum absolute atomic E-state index is 0.412. The molecule has 5 atom stereocenters. The van der Waals surface area contributed by atoms with Crippen LogP contribution in [0.15, 0.2) is 0 Å². The molecule has 0 spiro atoms. The van der Waals surface area contributed by atoms with E-state index in [1.54, 1.807) is 0 Å². The lowest BCUT2D eigenvalue weighted by molar-refractivity contribution is -0.0172. The van der Waals surface area contributed by atoms with Gasteiger partial charge in [0.15, 0.2) is 8.32 Å². The molecule has 0 aromatic carbocycles. The van der Waals surface area contributed by atoms with E-state index in [0.717, 1.165) is 18.3 Å². The molecule has 150 valence electrons. The zero-order valence-electron chi connectivity index (χ0n) is 18.3. The molecular formula is C23H42O2Si. The van der Waals surface area contributed by atoms with E-state index in [0.29, 0.717) is 30.3 Å². The Morgan fingerprint density at radius 1 is 1.19 bits per heavy atom. The molecule has 3 heteroatoms. The molecule has 0 radical (unpaired) electrons. The first-order chi connectivity index (χ1) is 12.0. The van der Waals surface area contributed by atoms with E-state index in [-0.39, 0.29) is 0 Å². The summed E-state index contributed by atoms with van der Waals surface area (Å²) < 4.78 is 6.62. The largest absolute Gasteiger partial charge is 0.414 e. The van der Waals surface area contributed by atoms with Crippen LogP contribution in [-0.2, 0) is 4.43 Å². The highest BCUT2D eigenvalue weighted by molar-refractivity contribution is 6.69. The standard InChI is InChI=1S/C23H42O2Si/c1-8-23(24,9-2)17-10-12-18(3)19-14-15-20-21(25-26(5,6)7)13-11-16-22(19,20)4/h18-21,24H,8-9,11-16H2,1-7H3. The van der Waals surface area contributed by atoms with Gasteiger partial charge in [0.1, 0.15) is 5.60 Å². The number of hydrogen-bond donors (Lipinski definition) is 1. The fourth-order valence-corrected chi connectivity index (χ4v) is 6.83. The van der Waals surface area contributed by atoms with Crippen molar-refractivity contribution in [3.05, 3.63) is 0 Å². The zero-order chi connectivity index (χ0) is 19.6. The van der Waals surface area contributed by atoms with E-state index in [1.165, 1.54) is 32.1 Å². The number of fused-ring (bicyclic) bond motifs is 1. The normalized spacial score (nSPS) is 33.3. The Balaban J connectivity index is 2.06. The molecule has 2 aliphatic carbocycles. The SMILES string of the molecule is CCC(O)(C#CCC(C)C1CCC2C(O[Si](C)(C)C)CCCC12C)CC. The smallest absolute Gasteiger partial charge is 0.184 e. The molecule has 2 fully saturated rings. The third-order valence-corrected chi connectivity index (χ3v) is 8.25. The fourth-order valence-electron chi connectivity index (χ4n) is 5.64. The monoisotopic (exact) mass is 378 g/mol. The summed E-state index contributed by atoms with van der Waals surface area (Å²) in [5.74, 6) is 8.57. The average molecular weight is 379 g/mol. The Morgan fingerprint density at radius 2 is 1.85 bits per heavy atom. The molecule has 0 aromatic rings. The van der Waals surface area contributed by atoms with Gasteiger partial charge in [-0.05, 0) is 81.3 Å². The van der Waals surface area contributed by atoms with Crippen molar-refractivity contribution in [1.82, 2.24) is 0 Å². The third-order valence-electron chi connectivity index (χ3n) is 7.24. The average Bonchev–Trinajstić information content (AvgIpc) is 2.91. The summed E-state index contributed by atoms with van der Waals surface area (Å²) in [6.45, 7) is 15.9. The molecule has 2 aliphatic rings. The lowest BCUT2D eigenvalue weighted by atomic mass is 9.61. The van der Waals surface area contributed by atoms with Crippen molar-refractivity contribution in [2.24, 2.45) is 23.2 Å². The highest BCUT2D eigenvalue weighted by Crippen LogP contribution is 2.58. The molecule has 2 rings (SSSR count). The molecule has 0 aliphatic heterocycles. The Morgan fingerprint density at radius 3 is 2.42 bits per heavy atom. The van der Waals surface area contributed by atoms with E-state index in [2.05, 4.69) is 45.3 Å². The highest BCUT2D eigenvalue weighted by atomic mass is 28.4. The van der Waals surface area contributed by atoms with Gasteiger partial charge in [0, 0.05) is 12.5 Å². The molecule has 0 aromatic heterocycles. The van der Waals surface area contributed by atoms with E-state index < -0.39 is 13.9 Å². The van der Waals surface area contributed by atoms with E-state index in [1.807, 2.05) is 13.8 Å². The topological polar surface area (TPSA) is 29.5 Å². The molecule has 2 nitrogen and oxygen atoms in total. The van der Waals surface area contributed by atoms with Crippen LogP contribution in [-0.4, -0.2) is 25.1 Å². The Labute approximate surface area is 163 Å². The summed E-state index contributed by atoms with van der Waals surface area (Å²) in [4.78, 5) is 0. The van der Waals surface area contributed by atoms with Gasteiger partial charge < -0.3 is 9.53 Å². The van der Waals surface area contributed by atoms with Crippen LogP contribution >= 0.6 is 0 Å². The predicted octanol–water partition coefficient (Wildman–Crippen LogP) is 6.00. The second-order valence-electron chi connectivity index (χ2n) is 10.2. The van der Waals surface area contributed by atoms with Crippen LogP contribution in [0.4, 0.5) is 0 Å². The third kappa shape index (κ3) is 4.94. The van der Waals surface area contributed by atoms with E-state index in [9.17, 15) is 5.11 Å². The molecule has 5 unspecified atom stereocenters. The molecule has 1 N–H and O–H groups in total. The second-order valence-corrected chi connectivity index (χ2v) is 14.6. The second kappa shape index (κ2) is 8.37. The lowest BCUT2D eigenvalue weighted by Crippen LogP contribution is -2.46. The Kier molecular flexibility index (Phi) is 7.08. The molecule has 0 amide bonds. The van der Waals surface area contributed by atoms with E-state index in [4.69, 9.17) is 4.43 Å². The molecule has 26 heavy (non-hydrogen) atoms. The van der Waals surface area contributed by atoms with Crippen LogP contribution in [0.3, 0.4) is 0 Å².